The van der Waals surface area contributed by atoms with Crippen molar-refractivity contribution >= 4 is 5.91 Å². The number of benzene rings is 1. The number of para-hydroxylation sites is 1. The number of rotatable bonds is 3. The van der Waals surface area contributed by atoms with Gasteiger partial charge in [0.2, 0.25) is 0 Å². The van der Waals surface area contributed by atoms with Crippen LogP contribution in [-0.2, 0) is 0 Å². The molecule has 0 unspecified atom stereocenters. The molecule has 1 saturated heterocycles. The Labute approximate surface area is 146 Å². The van der Waals surface area contributed by atoms with E-state index in [1.165, 1.54) is 6.42 Å². The average molecular weight is 332 g/mol. The van der Waals surface area contributed by atoms with E-state index in [9.17, 15) is 4.79 Å². The second-order valence-corrected chi connectivity index (χ2v) is 6.29. The summed E-state index contributed by atoms with van der Waals surface area (Å²) in [5.74, 6) is 0.0822. The first-order valence-electron chi connectivity index (χ1n) is 8.67. The SMILES string of the molecule is O=C(c1ccc(-c2cnn(-c3ccccc3)c2)nc1)N1CCCCC1. The largest absolute Gasteiger partial charge is 0.339 e. The highest BCUT2D eigenvalue weighted by atomic mass is 16.2. The van der Waals surface area contributed by atoms with Crippen LogP contribution in [-0.4, -0.2) is 38.7 Å². The van der Waals surface area contributed by atoms with Gasteiger partial charge in [-0.3, -0.25) is 9.78 Å². The molecule has 0 atom stereocenters. The predicted octanol–water partition coefficient (Wildman–Crippen LogP) is 3.56. The molecule has 5 nitrogen and oxygen atoms in total. The van der Waals surface area contributed by atoms with Crippen LogP contribution < -0.4 is 0 Å². The van der Waals surface area contributed by atoms with Crippen molar-refractivity contribution in [3.05, 3.63) is 66.6 Å². The Morgan fingerprint density at radius 3 is 2.44 bits per heavy atom. The van der Waals surface area contributed by atoms with Crippen molar-refractivity contribution in [2.45, 2.75) is 19.3 Å². The Kier molecular flexibility index (Phi) is 4.29. The summed E-state index contributed by atoms with van der Waals surface area (Å²) in [6, 6.07) is 13.7. The highest BCUT2D eigenvalue weighted by molar-refractivity contribution is 5.94. The van der Waals surface area contributed by atoms with E-state index in [0.717, 1.165) is 42.9 Å². The number of amides is 1. The van der Waals surface area contributed by atoms with Gasteiger partial charge in [-0.2, -0.15) is 5.10 Å². The van der Waals surface area contributed by atoms with Gasteiger partial charge in [-0.15, -0.1) is 0 Å². The molecule has 1 fully saturated rings. The van der Waals surface area contributed by atoms with E-state index in [2.05, 4.69) is 10.1 Å². The van der Waals surface area contributed by atoms with Crippen LogP contribution in [0.2, 0.25) is 0 Å². The van der Waals surface area contributed by atoms with E-state index in [-0.39, 0.29) is 5.91 Å². The van der Waals surface area contributed by atoms with Crippen LogP contribution in [0.1, 0.15) is 29.6 Å². The zero-order valence-electron chi connectivity index (χ0n) is 14.0. The molecule has 0 spiro atoms. The fourth-order valence-electron chi connectivity index (χ4n) is 3.15. The van der Waals surface area contributed by atoms with Gasteiger partial charge in [-0.05, 0) is 43.5 Å². The molecule has 0 aliphatic carbocycles. The lowest BCUT2D eigenvalue weighted by Gasteiger charge is -2.26. The quantitative estimate of drug-likeness (QED) is 0.737. The highest BCUT2D eigenvalue weighted by Gasteiger charge is 2.18. The zero-order chi connectivity index (χ0) is 17.1. The van der Waals surface area contributed by atoms with Crippen molar-refractivity contribution in [2.24, 2.45) is 0 Å². The number of hydrogen-bond donors (Lipinski definition) is 0. The monoisotopic (exact) mass is 332 g/mol. The van der Waals surface area contributed by atoms with Gasteiger partial charge in [0.05, 0.1) is 23.1 Å². The topological polar surface area (TPSA) is 51.0 Å². The van der Waals surface area contributed by atoms with Crippen LogP contribution in [0.4, 0.5) is 0 Å². The van der Waals surface area contributed by atoms with Gasteiger partial charge in [-0.1, -0.05) is 18.2 Å². The van der Waals surface area contributed by atoms with Crippen molar-refractivity contribution in [1.29, 1.82) is 0 Å². The fraction of sp³-hybridized carbons (Fsp3) is 0.250. The number of carbonyl (C=O) groups excluding carboxylic acids is 1. The van der Waals surface area contributed by atoms with Crippen molar-refractivity contribution in [2.75, 3.05) is 13.1 Å². The summed E-state index contributed by atoms with van der Waals surface area (Å²) in [6.45, 7) is 1.70. The molecule has 1 aliphatic rings. The molecule has 3 heterocycles. The van der Waals surface area contributed by atoms with Crippen LogP contribution in [0, 0.1) is 0 Å². The minimum atomic E-state index is 0.0822. The number of piperidine rings is 1. The second kappa shape index (κ2) is 6.89. The van der Waals surface area contributed by atoms with E-state index >= 15 is 0 Å². The minimum Gasteiger partial charge on any atom is -0.339 e. The first kappa shape index (κ1) is 15.6. The van der Waals surface area contributed by atoms with Crippen LogP contribution in [0.15, 0.2) is 61.1 Å². The first-order chi connectivity index (χ1) is 12.3. The highest BCUT2D eigenvalue weighted by Crippen LogP contribution is 2.19. The summed E-state index contributed by atoms with van der Waals surface area (Å²) >= 11 is 0. The molecule has 25 heavy (non-hydrogen) atoms. The molecule has 1 amide bonds. The van der Waals surface area contributed by atoms with Crippen LogP contribution in [0.5, 0.6) is 0 Å². The third-order valence-corrected chi connectivity index (χ3v) is 4.55. The second-order valence-electron chi connectivity index (χ2n) is 6.29. The summed E-state index contributed by atoms with van der Waals surface area (Å²) in [5.41, 5.74) is 3.41. The lowest BCUT2D eigenvalue weighted by atomic mass is 10.1. The maximum Gasteiger partial charge on any atom is 0.255 e. The maximum atomic E-state index is 12.5. The maximum absolute atomic E-state index is 12.5. The molecule has 3 aromatic rings. The number of nitrogens with zero attached hydrogens (tertiary/aromatic N) is 4. The molecule has 2 aromatic heterocycles. The predicted molar refractivity (Wildman–Crippen MR) is 96.5 cm³/mol. The molecule has 1 aromatic carbocycles. The number of aromatic nitrogens is 3. The molecule has 0 radical (unpaired) electrons. The van der Waals surface area contributed by atoms with Gasteiger partial charge in [0, 0.05) is 31.0 Å². The van der Waals surface area contributed by atoms with E-state index in [1.807, 2.05) is 58.2 Å². The van der Waals surface area contributed by atoms with E-state index in [4.69, 9.17) is 0 Å². The lowest BCUT2D eigenvalue weighted by Crippen LogP contribution is -2.35. The van der Waals surface area contributed by atoms with Gasteiger partial charge in [0.25, 0.3) is 5.91 Å². The Bertz CT molecular complexity index is 849. The molecule has 0 saturated carbocycles. The summed E-state index contributed by atoms with van der Waals surface area (Å²) < 4.78 is 1.82. The number of likely N-dealkylation sites (tertiary alicyclic amines) is 1. The van der Waals surface area contributed by atoms with Gasteiger partial charge in [0.15, 0.2) is 0 Å². The molecule has 0 N–H and O–H groups in total. The van der Waals surface area contributed by atoms with Crippen molar-refractivity contribution in [1.82, 2.24) is 19.7 Å². The van der Waals surface area contributed by atoms with Crippen LogP contribution in [0.3, 0.4) is 0 Å². The van der Waals surface area contributed by atoms with Gasteiger partial charge in [-0.25, -0.2) is 4.68 Å². The molecular formula is C20H20N4O. The van der Waals surface area contributed by atoms with Crippen molar-refractivity contribution in [3.63, 3.8) is 0 Å². The van der Waals surface area contributed by atoms with Gasteiger partial charge >= 0.3 is 0 Å². The van der Waals surface area contributed by atoms with Crippen molar-refractivity contribution < 1.29 is 4.79 Å². The van der Waals surface area contributed by atoms with E-state index in [0.29, 0.717) is 5.56 Å². The number of carbonyl (C=O) groups is 1. The van der Waals surface area contributed by atoms with Crippen molar-refractivity contribution in [3.8, 4) is 16.9 Å². The third kappa shape index (κ3) is 3.31. The Morgan fingerprint density at radius 1 is 0.920 bits per heavy atom. The van der Waals surface area contributed by atoms with Gasteiger partial charge in [0.1, 0.15) is 0 Å². The van der Waals surface area contributed by atoms with Crippen LogP contribution >= 0.6 is 0 Å². The molecular weight excluding hydrogens is 312 g/mol. The molecule has 1 aliphatic heterocycles. The standard InChI is InChI=1S/C20H20N4O/c25-20(23-11-5-2-6-12-23)16-9-10-19(21-13-16)17-14-22-24(15-17)18-7-3-1-4-8-18/h1,3-4,7-10,13-15H,2,5-6,11-12H2. The third-order valence-electron chi connectivity index (χ3n) is 4.55. The summed E-state index contributed by atoms with van der Waals surface area (Å²) in [6.07, 6.45) is 8.82. The zero-order valence-corrected chi connectivity index (χ0v) is 14.0. The van der Waals surface area contributed by atoms with Gasteiger partial charge < -0.3 is 4.90 Å². The van der Waals surface area contributed by atoms with E-state index in [1.54, 1.807) is 12.4 Å². The smallest absolute Gasteiger partial charge is 0.255 e. The summed E-state index contributed by atoms with van der Waals surface area (Å²) in [7, 11) is 0. The molecule has 5 heteroatoms. The Morgan fingerprint density at radius 2 is 1.72 bits per heavy atom. The summed E-state index contributed by atoms with van der Waals surface area (Å²) in [4.78, 5) is 18.9. The lowest BCUT2D eigenvalue weighted by molar-refractivity contribution is 0.0724. The minimum absolute atomic E-state index is 0.0822. The molecule has 4 rings (SSSR count). The molecule has 126 valence electrons. The fourth-order valence-corrected chi connectivity index (χ4v) is 3.15. The van der Waals surface area contributed by atoms with E-state index < -0.39 is 0 Å². The van der Waals surface area contributed by atoms with Crippen LogP contribution in [0.25, 0.3) is 16.9 Å². The Hall–Kier alpha value is -2.95. The first-order valence-corrected chi connectivity index (χ1v) is 8.67. The number of hydrogen-bond acceptors (Lipinski definition) is 3. The normalized spacial score (nSPS) is 14.5. The Balaban J connectivity index is 1.52. The number of pyridine rings is 1. The molecule has 0 bridgehead atoms. The average Bonchev–Trinajstić information content (AvgIpc) is 3.19. The summed E-state index contributed by atoms with van der Waals surface area (Å²) in [5, 5.41) is 4.40.